The van der Waals surface area contributed by atoms with E-state index in [9.17, 15) is 13.5 Å². The zero-order valence-corrected chi connectivity index (χ0v) is 12.3. The van der Waals surface area contributed by atoms with Crippen molar-refractivity contribution in [2.45, 2.75) is 23.8 Å². The van der Waals surface area contributed by atoms with Crippen molar-refractivity contribution in [3.8, 4) is 5.75 Å². The minimum Gasteiger partial charge on any atom is -0.495 e. The number of hydrogen-bond donors (Lipinski definition) is 1. The maximum atomic E-state index is 12.4. The first kappa shape index (κ1) is 14.6. The van der Waals surface area contributed by atoms with Gasteiger partial charge in [-0.2, -0.15) is 4.31 Å². The number of sulfonamides is 1. The molecule has 1 aromatic carbocycles. The Morgan fingerprint density at radius 1 is 1.47 bits per heavy atom. The van der Waals surface area contributed by atoms with Gasteiger partial charge >= 0.3 is 0 Å². The van der Waals surface area contributed by atoms with Crippen LogP contribution in [0.1, 0.15) is 13.3 Å². The van der Waals surface area contributed by atoms with Gasteiger partial charge < -0.3 is 9.84 Å². The van der Waals surface area contributed by atoms with Crippen molar-refractivity contribution in [1.29, 1.82) is 0 Å². The summed E-state index contributed by atoms with van der Waals surface area (Å²) in [5.41, 5.74) is -0.910. The number of ether oxygens (including phenoxy) is 1. The first-order valence-corrected chi connectivity index (χ1v) is 7.70. The molecule has 1 aromatic rings. The van der Waals surface area contributed by atoms with E-state index in [0.717, 1.165) is 0 Å². The van der Waals surface area contributed by atoms with Gasteiger partial charge in [0, 0.05) is 24.2 Å². The van der Waals surface area contributed by atoms with Gasteiger partial charge in [-0.25, -0.2) is 8.42 Å². The fourth-order valence-corrected chi connectivity index (χ4v) is 3.89. The Hall–Kier alpha value is -0.820. The molecule has 1 aliphatic rings. The summed E-state index contributed by atoms with van der Waals surface area (Å²) in [5.74, 6) is 0.208. The van der Waals surface area contributed by atoms with Crippen molar-refractivity contribution < 1.29 is 18.3 Å². The molecule has 19 heavy (non-hydrogen) atoms. The van der Waals surface area contributed by atoms with Gasteiger partial charge in [0.05, 0.1) is 12.7 Å². The summed E-state index contributed by atoms with van der Waals surface area (Å²) >= 11 is 5.81. The summed E-state index contributed by atoms with van der Waals surface area (Å²) < 4.78 is 31.1. The molecule has 0 unspecified atom stereocenters. The van der Waals surface area contributed by atoms with Crippen LogP contribution >= 0.6 is 11.6 Å². The van der Waals surface area contributed by atoms with Crippen LogP contribution in [-0.4, -0.2) is 43.6 Å². The first-order valence-electron chi connectivity index (χ1n) is 5.88. The summed E-state index contributed by atoms with van der Waals surface area (Å²) in [7, 11) is -2.26. The topological polar surface area (TPSA) is 66.8 Å². The summed E-state index contributed by atoms with van der Waals surface area (Å²) in [6.07, 6.45) is 0.525. The lowest BCUT2D eigenvalue weighted by atomic mass is 9.94. The fraction of sp³-hybridized carbons (Fsp3) is 0.500. The maximum Gasteiger partial charge on any atom is 0.246 e. The Morgan fingerprint density at radius 3 is 2.63 bits per heavy atom. The van der Waals surface area contributed by atoms with Crippen LogP contribution in [0, 0.1) is 0 Å². The quantitative estimate of drug-likeness (QED) is 0.915. The van der Waals surface area contributed by atoms with E-state index in [1.165, 1.54) is 29.6 Å². The molecule has 0 spiro atoms. The minimum absolute atomic E-state index is 0.0672. The molecule has 5 nitrogen and oxygen atoms in total. The minimum atomic E-state index is -3.65. The van der Waals surface area contributed by atoms with Crippen molar-refractivity contribution in [1.82, 2.24) is 4.31 Å². The van der Waals surface area contributed by atoms with Crippen LogP contribution in [0.5, 0.6) is 5.75 Å². The number of aliphatic hydroxyl groups is 1. The zero-order chi connectivity index (χ0) is 14.3. The van der Waals surface area contributed by atoms with Gasteiger partial charge in [0.25, 0.3) is 0 Å². The Bertz CT molecular complexity index is 581. The van der Waals surface area contributed by atoms with E-state index in [-0.39, 0.29) is 23.7 Å². The molecule has 106 valence electrons. The standard InChI is InChI=1S/C12H16ClNO4S/c1-3-12(15)7-14(8-12)19(16,17)11-5-4-9(13)6-10(11)18-2/h4-6,15H,3,7-8H2,1-2H3. The predicted octanol–water partition coefficient (Wildman–Crippen LogP) is 1.49. The monoisotopic (exact) mass is 305 g/mol. The molecule has 0 aromatic heterocycles. The highest BCUT2D eigenvalue weighted by Gasteiger charge is 2.46. The summed E-state index contributed by atoms with van der Waals surface area (Å²) in [5, 5.41) is 10.3. The smallest absolute Gasteiger partial charge is 0.246 e. The fourth-order valence-electron chi connectivity index (χ4n) is 2.00. The molecule has 1 heterocycles. The van der Waals surface area contributed by atoms with E-state index in [4.69, 9.17) is 16.3 Å². The third-order valence-corrected chi connectivity index (χ3v) is 5.41. The van der Waals surface area contributed by atoms with Crippen molar-refractivity contribution in [2.75, 3.05) is 20.2 Å². The molecular weight excluding hydrogens is 290 g/mol. The first-order chi connectivity index (χ1) is 8.82. The van der Waals surface area contributed by atoms with E-state index in [1.807, 2.05) is 6.92 Å². The molecule has 0 amide bonds. The van der Waals surface area contributed by atoms with Crippen molar-refractivity contribution in [3.63, 3.8) is 0 Å². The molecule has 1 fully saturated rings. The highest BCUT2D eigenvalue weighted by molar-refractivity contribution is 7.89. The average molecular weight is 306 g/mol. The van der Waals surface area contributed by atoms with Crippen LogP contribution in [0.3, 0.4) is 0 Å². The lowest BCUT2D eigenvalue weighted by Gasteiger charge is -2.44. The SMILES string of the molecule is CCC1(O)CN(S(=O)(=O)c2ccc(Cl)cc2OC)C1. The number of methoxy groups -OCH3 is 1. The molecule has 7 heteroatoms. The van der Waals surface area contributed by atoms with Crippen LogP contribution in [0.2, 0.25) is 5.02 Å². The van der Waals surface area contributed by atoms with Gasteiger partial charge in [-0.1, -0.05) is 18.5 Å². The number of nitrogens with zero attached hydrogens (tertiary/aromatic N) is 1. The number of β-amino-alcohol motifs (C(OH)–C–C–N with tert-alkyl or cyclic N) is 1. The van der Waals surface area contributed by atoms with Crippen LogP contribution in [0.25, 0.3) is 0 Å². The van der Waals surface area contributed by atoms with Gasteiger partial charge in [-0.15, -0.1) is 0 Å². The largest absolute Gasteiger partial charge is 0.495 e. The van der Waals surface area contributed by atoms with E-state index < -0.39 is 15.6 Å². The molecule has 0 aliphatic carbocycles. The van der Waals surface area contributed by atoms with Crippen molar-refractivity contribution in [2.24, 2.45) is 0 Å². The number of halogens is 1. The lowest BCUT2D eigenvalue weighted by molar-refractivity contribution is -0.0613. The van der Waals surface area contributed by atoms with Gasteiger partial charge in [0.15, 0.2) is 0 Å². The van der Waals surface area contributed by atoms with Crippen LogP contribution in [0.15, 0.2) is 23.1 Å². The van der Waals surface area contributed by atoms with Gasteiger partial charge in [0.1, 0.15) is 10.6 Å². The third kappa shape index (κ3) is 2.58. The highest BCUT2D eigenvalue weighted by Crippen LogP contribution is 2.34. The van der Waals surface area contributed by atoms with Gasteiger partial charge in [0.2, 0.25) is 10.0 Å². The van der Waals surface area contributed by atoms with Crippen LogP contribution in [0.4, 0.5) is 0 Å². The normalized spacial score (nSPS) is 18.9. The second kappa shape index (κ2) is 4.94. The molecule has 2 rings (SSSR count). The van der Waals surface area contributed by atoms with Crippen molar-refractivity contribution in [3.05, 3.63) is 23.2 Å². The lowest BCUT2D eigenvalue weighted by Crippen LogP contribution is -2.62. The maximum absolute atomic E-state index is 12.4. The Kier molecular flexibility index (Phi) is 3.79. The van der Waals surface area contributed by atoms with E-state index >= 15 is 0 Å². The number of benzene rings is 1. The Morgan fingerprint density at radius 2 is 2.11 bits per heavy atom. The molecular formula is C12H16ClNO4S. The zero-order valence-electron chi connectivity index (χ0n) is 10.8. The molecule has 1 N–H and O–H groups in total. The van der Waals surface area contributed by atoms with Crippen molar-refractivity contribution >= 4 is 21.6 Å². The van der Waals surface area contributed by atoms with Crippen LogP contribution in [-0.2, 0) is 10.0 Å². The summed E-state index contributed by atoms with van der Waals surface area (Å²) in [6.45, 7) is 2.04. The molecule has 1 saturated heterocycles. The number of rotatable bonds is 4. The van der Waals surface area contributed by atoms with E-state index in [0.29, 0.717) is 11.4 Å². The second-order valence-electron chi connectivity index (χ2n) is 4.65. The third-order valence-electron chi connectivity index (χ3n) is 3.34. The van der Waals surface area contributed by atoms with Gasteiger partial charge in [-0.05, 0) is 18.6 Å². The molecule has 0 atom stereocenters. The Balaban J connectivity index is 2.32. The second-order valence-corrected chi connectivity index (χ2v) is 6.99. The Labute approximate surface area is 117 Å². The van der Waals surface area contributed by atoms with Crippen LogP contribution < -0.4 is 4.74 Å². The highest BCUT2D eigenvalue weighted by atomic mass is 35.5. The molecule has 0 radical (unpaired) electrons. The summed E-state index contributed by atoms with van der Waals surface area (Å²) in [6, 6.07) is 4.38. The molecule has 0 bridgehead atoms. The van der Waals surface area contributed by atoms with Gasteiger partial charge in [-0.3, -0.25) is 0 Å². The summed E-state index contributed by atoms with van der Waals surface area (Å²) in [4.78, 5) is 0.0672. The number of hydrogen-bond acceptors (Lipinski definition) is 4. The van der Waals surface area contributed by atoms with E-state index in [2.05, 4.69) is 0 Å². The predicted molar refractivity (Wildman–Crippen MR) is 72.0 cm³/mol. The average Bonchev–Trinajstić information content (AvgIpc) is 2.34. The molecule has 1 aliphatic heterocycles. The molecule has 0 saturated carbocycles. The van der Waals surface area contributed by atoms with E-state index in [1.54, 1.807) is 0 Å².